The van der Waals surface area contributed by atoms with Crippen LogP contribution in [0.4, 0.5) is 22.7 Å². The fourth-order valence-electron chi connectivity index (χ4n) is 4.84. The van der Waals surface area contributed by atoms with E-state index in [0.29, 0.717) is 27.8 Å². The number of hydrogen-bond donors (Lipinski definition) is 5. The van der Waals surface area contributed by atoms with Gasteiger partial charge in [0.05, 0.1) is 32.3 Å². The van der Waals surface area contributed by atoms with Crippen molar-refractivity contribution in [3.05, 3.63) is 126 Å². The molecule has 242 valence electrons. The monoisotopic (exact) mass is 717 g/mol. The Balaban J connectivity index is 1.17. The highest BCUT2D eigenvalue weighted by Crippen LogP contribution is 2.28. The first-order valence-corrected chi connectivity index (χ1v) is 17.8. The number of anilines is 4. The highest BCUT2D eigenvalue weighted by atomic mass is 35.5. The summed E-state index contributed by atoms with van der Waals surface area (Å²) in [6.07, 6.45) is 2.97. The van der Waals surface area contributed by atoms with E-state index in [1.165, 1.54) is 36.5 Å². The zero-order valence-corrected chi connectivity index (χ0v) is 27.7. The number of nitrogens with one attached hydrogen (secondary N) is 4. The van der Waals surface area contributed by atoms with Crippen LogP contribution >= 0.6 is 23.8 Å². The van der Waals surface area contributed by atoms with Gasteiger partial charge in [0.1, 0.15) is 0 Å². The maximum Gasteiger partial charge on any atom is 0.337 e. The molecular weight excluding hydrogens is 694 g/mol. The van der Waals surface area contributed by atoms with Crippen molar-refractivity contribution < 1.29 is 26.7 Å². The number of aromatic carboxylic acids is 1. The summed E-state index contributed by atoms with van der Waals surface area (Å²) >= 11 is 11.4. The fourth-order valence-corrected chi connectivity index (χ4v) is 7.43. The molecule has 0 saturated carbocycles. The number of nitrogens with zero attached hydrogens (tertiary/aromatic N) is 1. The predicted molar refractivity (Wildman–Crippen MR) is 192 cm³/mol. The largest absolute Gasteiger partial charge is 0.478 e. The van der Waals surface area contributed by atoms with Gasteiger partial charge in [-0.2, -0.15) is 0 Å². The van der Waals surface area contributed by atoms with Crippen molar-refractivity contribution in [2.24, 2.45) is 0 Å². The number of rotatable bonds is 9. The third-order valence-corrected chi connectivity index (χ3v) is 10.4. The van der Waals surface area contributed by atoms with Crippen molar-refractivity contribution in [3.63, 3.8) is 0 Å². The van der Waals surface area contributed by atoms with Crippen LogP contribution in [0.2, 0.25) is 5.02 Å². The van der Waals surface area contributed by atoms with Crippen LogP contribution in [-0.2, 0) is 20.0 Å². The molecule has 6 aromatic rings. The molecule has 5 N–H and O–H groups in total. The lowest BCUT2D eigenvalue weighted by Crippen LogP contribution is -2.19. The minimum atomic E-state index is -4.07. The molecule has 6 rings (SSSR count). The summed E-state index contributed by atoms with van der Waals surface area (Å²) in [4.78, 5) is 15.4. The van der Waals surface area contributed by atoms with Crippen LogP contribution in [0, 0.1) is 0 Å². The minimum Gasteiger partial charge on any atom is -0.478 e. The van der Waals surface area contributed by atoms with Crippen LogP contribution in [0.3, 0.4) is 0 Å². The first-order chi connectivity index (χ1) is 22.9. The zero-order chi connectivity index (χ0) is 34.1. The van der Waals surface area contributed by atoms with Gasteiger partial charge in [0.2, 0.25) is 0 Å². The molecule has 0 atom stereocenters. The molecule has 1 heterocycles. The summed E-state index contributed by atoms with van der Waals surface area (Å²) in [5.41, 5.74) is 1.37. The standard InChI is InChI=1S/C33H24ClN5O6S3/c34-31-12-9-26(18-30(31)32(40)41)38-47(42,43)28-10-5-20-3-7-24(14-22(20)16-28)36-33(46)37-25-8-4-21-6-11-29(17-23(21)15-25)48(44,45)39-27-2-1-13-35-19-27/h1-19,38-39H,(H,40,41)(H2,36,37,46). The van der Waals surface area contributed by atoms with Crippen molar-refractivity contribution in [2.75, 3.05) is 20.1 Å². The van der Waals surface area contributed by atoms with Crippen LogP contribution in [0.5, 0.6) is 0 Å². The lowest BCUT2D eigenvalue weighted by atomic mass is 10.1. The van der Waals surface area contributed by atoms with Crippen LogP contribution in [-0.4, -0.2) is 38.0 Å². The van der Waals surface area contributed by atoms with E-state index in [0.717, 1.165) is 16.8 Å². The third-order valence-electron chi connectivity index (χ3n) is 7.12. The third kappa shape index (κ3) is 7.31. The number of thiocarbonyl (C=S) groups is 1. The van der Waals surface area contributed by atoms with E-state index < -0.39 is 26.0 Å². The lowest BCUT2D eigenvalue weighted by Gasteiger charge is -2.13. The number of carboxylic acid groups (broad SMARTS) is 1. The van der Waals surface area contributed by atoms with Crippen LogP contribution < -0.4 is 20.1 Å². The summed E-state index contributed by atoms with van der Waals surface area (Å²) in [6, 6.07) is 27.2. The molecular formula is C33H24ClN5O6S3. The van der Waals surface area contributed by atoms with Gasteiger partial charge in [-0.15, -0.1) is 0 Å². The number of hydrogen-bond acceptors (Lipinski definition) is 7. The summed E-state index contributed by atoms with van der Waals surface area (Å²) < 4.78 is 57.1. The molecule has 0 radical (unpaired) electrons. The second-order valence-corrected chi connectivity index (χ2v) is 14.7. The molecule has 1 aromatic heterocycles. The van der Waals surface area contributed by atoms with E-state index >= 15 is 0 Å². The van der Waals surface area contributed by atoms with Gasteiger partial charge in [-0.1, -0.05) is 35.9 Å². The number of aromatic nitrogens is 1. The number of carboxylic acids is 1. The van der Waals surface area contributed by atoms with E-state index in [1.807, 2.05) is 12.1 Å². The average molecular weight is 718 g/mol. The van der Waals surface area contributed by atoms with Crippen molar-refractivity contribution in [2.45, 2.75) is 9.79 Å². The molecule has 0 bridgehead atoms. The average Bonchev–Trinajstić information content (AvgIpc) is 3.05. The summed E-state index contributed by atoms with van der Waals surface area (Å²) in [7, 11) is -7.92. The molecule has 0 aliphatic carbocycles. The van der Waals surface area contributed by atoms with Gasteiger partial charge >= 0.3 is 5.97 Å². The van der Waals surface area contributed by atoms with Gasteiger partial charge in [0.25, 0.3) is 20.0 Å². The molecule has 11 nitrogen and oxygen atoms in total. The summed E-state index contributed by atoms with van der Waals surface area (Å²) in [6.45, 7) is 0. The number of benzene rings is 5. The first kappa shape index (κ1) is 32.7. The number of halogens is 1. The Morgan fingerprint density at radius 3 is 1.69 bits per heavy atom. The quantitative estimate of drug-likeness (QED) is 0.0970. The number of carbonyl (C=O) groups is 1. The Kier molecular flexibility index (Phi) is 8.90. The highest BCUT2D eigenvalue weighted by Gasteiger charge is 2.18. The zero-order valence-electron chi connectivity index (χ0n) is 24.5. The van der Waals surface area contributed by atoms with Crippen molar-refractivity contribution in [1.29, 1.82) is 0 Å². The Hall–Kier alpha value is -5.28. The summed E-state index contributed by atoms with van der Waals surface area (Å²) in [5.74, 6) is -1.28. The van der Waals surface area contributed by atoms with E-state index in [-0.39, 0.29) is 31.2 Å². The van der Waals surface area contributed by atoms with Gasteiger partial charge in [-0.25, -0.2) is 21.6 Å². The smallest absolute Gasteiger partial charge is 0.337 e. The first-order valence-electron chi connectivity index (χ1n) is 14.0. The second-order valence-electron chi connectivity index (χ2n) is 10.5. The van der Waals surface area contributed by atoms with Crippen molar-refractivity contribution in [3.8, 4) is 0 Å². The van der Waals surface area contributed by atoms with Gasteiger partial charge in [0.15, 0.2) is 5.11 Å². The highest BCUT2D eigenvalue weighted by molar-refractivity contribution is 7.93. The molecule has 0 unspecified atom stereocenters. The Bertz CT molecular complexity index is 2460. The molecule has 0 fully saturated rings. The molecule has 0 amide bonds. The molecule has 0 saturated heterocycles. The molecule has 48 heavy (non-hydrogen) atoms. The molecule has 0 aliphatic rings. The van der Waals surface area contributed by atoms with Gasteiger partial charge in [-0.3, -0.25) is 14.4 Å². The molecule has 15 heteroatoms. The minimum absolute atomic E-state index is 0.0148. The topological polar surface area (TPSA) is 167 Å². The van der Waals surface area contributed by atoms with E-state index in [2.05, 4.69) is 25.1 Å². The fraction of sp³-hybridized carbons (Fsp3) is 0. The number of fused-ring (bicyclic) bond motifs is 2. The van der Waals surface area contributed by atoms with Crippen molar-refractivity contribution >= 4 is 99.2 Å². The van der Waals surface area contributed by atoms with Crippen molar-refractivity contribution in [1.82, 2.24) is 4.98 Å². The number of sulfonamides is 2. The van der Waals surface area contributed by atoms with Gasteiger partial charge in [-0.05, 0) is 113 Å². The maximum atomic E-state index is 13.2. The predicted octanol–water partition coefficient (Wildman–Crippen LogP) is 7.15. The molecule has 0 spiro atoms. The van der Waals surface area contributed by atoms with E-state index in [1.54, 1.807) is 60.8 Å². The Morgan fingerprint density at radius 1 is 0.646 bits per heavy atom. The summed E-state index contributed by atoms with van der Waals surface area (Å²) in [5, 5.41) is 18.6. The van der Waals surface area contributed by atoms with Gasteiger partial charge < -0.3 is 15.7 Å². The van der Waals surface area contributed by atoms with Gasteiger partial charge in [0, 0.05) is 23.3 Å². The lowest BCUT2D eigenvalue weighted by molar-refractivity contribution is 0.0697. The molecule has 0 aliphatic heterocycles. The van der Waals surface area contributed by atoms with Crippen LogP contribution in [0.1, 0.15) is 10.4 Å². The van der Waals surface area contributed by atoms with E-state index in [9.17, 15) is 26.7 Å². The van der Waals surface area contributed by atoms with Crippen LogP contribution in [0.15, 0.2) is 125 Å². The Labute approximate surface area is 285 Å². The maximum absolute atomic E-state index is 13.2. The second kappa shape index (κ2) is 13.1. The molecule has 5 aromatic carbocycles. The van der Waals surface area contributed by atoms with E-state index in [4.69, 9.17) is 23.8 Å². The SMILES string of the molecule is O=C(O)c1cc(NS(=O)(=O)c2ccc3ccc(NC(=S)Nc4ccc5ccc(S(=O)(=O)Nc6cccnc6)cc5c4)cc3c2)ccc1Cl. The normalized spacial score (nSPS) is 11.6. The number of pyridine rings is 1. The van der Waals surface area contributed by atoms with Crippen LogP contribution in [0.25, 0.3) is 21.5 Å². The Morgan fingerprint density at radius 2 is 1.17 bits per heavy atom.